The van der Waals surface area contributed by atoms with Gasteiger partial charge in [-0.3, -0.25) is 4.79 Å². The Kier molecular flexibility index (Phi) is 11.2. The van der Waals surface area contributed by atoms with E-state index in [1.54, 1.807) is 0 Å². The summed E-state index contributed by atoms with van der Waals surface area (Å²) in [4.78, 5) is 12.4. The highest BCUT2D eigenvalue weighted by atomic mass is 127. The Labute approximate surface area is 302 Å². The highest BCUT2D eigenvalue weighted by Crippen LogP contribution is 2.44. The lowest BCUT2D eigenvalue weighted by molar-refractivity contribution is -0.228. The van der Waals surface area contributed by atoms with E-state index in [0.717, 1.165) is 0 Å². The maximum atomic E-state index is 12.4. The monoisotopic (exact) mass is 792 g/mol. The molecule has 254 valence electrons. The van der Waals surface area contributed by atoms with Gasteiger partial charge in [-0.15, -0.1) is 0 Å². The first-order chi connectivity index (χ1) is 22.7. The van der Waals surface area contributed by atoms with Gasteiger partial charge in [0.25, 0.3) is 16.6 Å². The summed E-state index contributed by atoms with van der Waals surface area (Å²) in [5, 5.41) is 4.20. The van der Waals surface area contributed by atoms with Crippen molar-refractivity contribution >= 4 is 65.9 Å². The van der Waals surface area contributed by atoms with Crippen LogP contribution in [0.15, 0.2) is 121 Å². The predicted molar refractivity (Wildman–Crippen MR) is 209 cm³/mol. The Morgan fingerprint density at radius 3 is 1.21 bits per heavy atom. The summed E-state index contributed by atoms with van der Waals surface area (Å²) in [6.45, 7) is 17.2. The molecule has 1 fully saturated rings. The topological polar surface area (TPSA) is 54.0 Å². The third-order valence-electron chi connectivity index (χ3n) is 9.45. The molecule has 1 saturated heterocycles. The van der Waals surface area contributed by atoms with E-state index < -0.39 is 41.2 Å². The summed E-state index contributed by atoms with van der Waals surface area (Å²) >= 11 is 2.38. The summed E-state index contributed by atoms with van der Waals surface area (Å²) in [5.74, 6) is -0.385. The molecule has 8 heteroatoms. The molecule has 0 unspecified atom stereocenters. The van der Waals surface area contributed by atoms with Crippen molar-refractivity contribution in [3.05, 3.63) is 121 Å². The Morgan fingerprint density at radius 1 is 0.604 bits per heavy atom. The molecule has 1 heterocycles. The van der Waals surface area contributed by atoms with Crippen molar-refractivity contribution in [2.75, 3.05) is 0 Å². The van der Waals surface area contributed by atoms with Crippen molar-refractivity contribution in [1.29, 1.82) is 0 Å². The van der Waals surface area contributed by atoms with Crippen molar-refractivity contribution < 1.29 is 23.1 Å². The van der Waals surface area contributed by atoms with Crippen molar-refractivity contribution in [3.8, 4) is 0 Å². The molecule has 0 spiro atoms. The largest absolute Gasteiger partial charge is 0.435 e. The van der Waals surface area contributed by atoms with Gasteiger partial charge in [-0.25, -0.2) is 0 Å². The van der Waals surface area contributed by atoms with Crippen molar-refractivity contribution in [2.24, 2.45) is 0 Å². The number of carbonyl (C=O) groups excluding carboxylic acids is 1. The number of esters is 1. The van der Waals surface area contributed by atoms with Gasteiger partial charge in [-0.2, -0.15) is 0 Å². The molecular formula is C40H49IO5Si2. The van der Waals surface area contributed by atoms with E-state index >= 15 is 0 Å². The van der Waals surface area contributed by atoms with Gasteiger partial charge in [0.05, 0.1) is 18.3 Å². The summed E-state index contributed by atoms with van der Waals surface area (Å²) in [5.41, 5.74) is 0. The average Bonchev–Trinajstić information content (AvgIpc) is 3.05. The molecule has 0 aliphatic carbocycles. The first kappa shape index (κ1) is 36.7. The molecule has 0 aromatic heterocycles. The van der Waals surface area contributed by atoms with Crippen LogP contribution in [0, 0.1) is 0 Å². The van der Waals surface area contributed by atoms with Crippen molar-refractivity contribution in [3.63, 3.8) is 0 Å². The van der Waals surface area contributed by atoms with Crippen LogP contribution < -0.4 is 20.7 Å². The number of halogens is 1. The quantitative estimate of drug-likeness (QED) is 0.0793. The lowest BCUT2D eigenvalue weighted by Gasteiger charge is -2.53. The first-order valence-electron chi connectivity index (χ1n) is 16.8. The zero-order valence-corrected chi connectivity index (χ0v) is 33.5. The van der Waals surface area contributed by atoms with Gasteiger partial charge in [0.15, 0.2) is 0 Å². The van der Waals surface area contributed by atoms with E-state index in [-0.39, 0.29) is 20.0 Å². The SMILES string of the molecule is CC(=O)O[C@H]1O[C@@H](C)[C@@H](O[Si](c2ccccc2)(c2ccccc2)C(C)(C)C)[C@H](O[Si](c2ccccc2)(c2ccccc2)C(C)(C)C)[C@@H]1I. The molecule has 1 aliphatic rings. The Hall–Kier alpha value is -2.61. The van der Waals surface area contributed by atoms with Gasteiger partial charge in [0.2, 0.25) is 6.29 Å². The Morgan fingerprint density at radius 2 is 0.917 bits per heavy atom. The summed E-state index contributed by atoms with van der Waals surface area (Å²) in [7, 11) is -6.10. The van der Waals surface area contributed by atoms with Crippen molar-refractivity contribution in [2.45, 2.75) is 94.0 Å². The molecule has 4 aromatic rings. The average molecular weight is 793 g/mol. The Balaban J connectivity index is 1.76. The highest BCUT2D eigenvalue weighted by Gasteiger charge is 2.59. The fraction of sp³-hybridized carbons (Fsp3) is 0.375. The van der Waals surface area contributed by atoms with Crippen LogP contribution in [0.4, 0.5) is 0 Å². The molecule has 0 bridgehead atoms. The van der Waals surface area contributed by atoms with Crippen LogP contribution in [-0.2, 0) is 23.1 Å². The van der Waals surface area contributed by atoms with Crippen LogP contribution in [0.25, 0.3) is 0 Å². The summed E-state index contributed by atoms with van der Waals surface area (Å²) in [6.07, 6.45) is -2.19. The van der Waals surface area contributed by atoms with Gasteiger partial charge < -0.3 is 18.3 Å². The van der Waals surface area contributed by atoms with E-state index in [4.69, 9.17) is 18.3 Å². The van der Waals surface area contributed by atoms with E-state index in [1.807, 2.05) is 6.92 Å². The minimum atomic E-state index is -3.06. The number of carbonyl (C=O) groups is 1. The van der Waals surface area contributed by atoms with E-state index in [2.05, 4.69) is 185 Å². The molecule has 5 atom stereocenters. The minimum Gasteiger partial charge on any atom is -0.435 e. The second-order valence-corrected chi connectivity index (χ2v) is 24.7. The second-order valence-electron chi connectivity index (χ2n) is 14.8. The van der Waals surface area contributed by atoms with Crippen LogP contribution in [0.1, 0.15) is 55.4 Å². The molecule has 5 nitrogen and oxygen atoms in total. The molecule has 1 aliphatic heterocycles. The fourth-order valence-electron chi connectivity index (χ4n) is 7.31. The third-order valence-corrected chi connectivity index (χ3v) is 20.8. The van der Waals surface area contributed by atoms with E-state index in [9.17, 15) is 4.79 Å². The maximum absolute atomic E-state index is 12.4. The number of hydrogen-bond acceptors (Lipinski definition) is 5. The first-order valence-corrected chi connectivity index (χ1v) is 21.8. The lowest BCUT2D eigenvalue weighted by atomic mass is 10.0. The smallest absolute Gasteiger partial charge is 0.304 e. The highest BCUT2D eigenvalue weighted by molar-refractivity contribution is 14.1. The summed E-state index contributed by atoms with van der Waals surface area (Å²) in [6, 6.07) is 42.7. The molecule has 0 N–H and O–H groups in total. The Bertz CT molecular complexity index is 1550. The fourth-order valence-corrected chi connectivity index (χ4v) is 17.9. The molecule has 0 radical (unpaired) electrons. The maximum Gasteiger partial charge on any atom is 0.304 e. The molecular weight excluding hydrogens is 744 g/mol. The van der Waals surface area contributed by atoms with Crippen LogP contribution in [0.5, 0.6) is 0 Å². The lowest BCUT2D eigenvalue weighted by Crippen LogP contribution is -2.74. The molecule has 4 aromatic carbocycles. The number of alkyl halides is 1. The normalized spacial score (nSPS) is 22.2. The number of ether oxygens (including phenoxy) is 2. The molecule has 0 amide bonds. The van der Waals surface area contributed by atoms with E-state index in [0.29, 0.717) is 0 Å². The van der Waals surface area contributed by atoms with Crippen LogP contribution in [-0.4, -0.2) is 51.1 Å². The number of rotatable bonds is 9. The summed E-state index contributed by atoms with van der Waals surface area (Å²) < 4.78 is 27.8. The van der Waals surface area contributed by atoms with Gasteiger partial charge in [0.1, 0.15) is 3.92 Å². The zero-order chi connectivity index (χ0) is 34.7. The van der Waals surface area contributed by atoms with Gasteiger partial charge in [0, 0.05) is 6.92 Å². The molecule has 48 heavy (non-hydrogen) atoms. The van der Waals surface area contributed by atoms with Gasteiger partial charge >= 0.3 is 5.97 Å². The van der Waals surface area contributed by atoms with Crippen LogP contribution >= 0.6 is 22.6 Å². The molecule has 0 saturated carbocycles. The molecule has 5 rings (SSSR count). The van der Waals surface area contributed by atoms with Crippen LogP contribution in [0.2, 0.25) is 10.1 Å². The number of hydrogen-bond donors (Lipinski definition) is 0. The number of benzene rings is 4. The second kappa shape index (κ2) is 14.7. The van der Waals surface area contributed by atoms with Crippen LogP contribution in [0.3, 0.4) is 0 Å². The van der Waals surface area contributed by atoms with E-state index in [1.165, 1.54) is 27.7 Å². The standard InChI is InChI=1S/C40H49IO5Si2/c1-29-36(45-47(39(3,4)5,31-21-13-9-14-22-31)32-23-15-10-16-24-32)37(35(41)38(43-29)44-30(2)42)46-48(40(6,7)8,33-25-17-11-18-26-33)34-27-19-12-20-28-34/h9-29,35-38H,1-8H3/t29-,35-,36+,37+,38+/m0/s1. The van der Waals surface area contributed by atoms with Crippen molar-refractivity contribution in [1.82, 2.24) is 0 Å². The minimum absolute atomic E-state index is 0.259. The third kappa shape index (κ3) is 7.02. The predicted octanol–water partition coefficient (Wildman–Crippen LogP) is 6.99. The van der Waals surface area contributed by atoms with Gasteiger partial charge in [-0.1, -0.05) is 185 Å². The van der Waals surface area contributed by atoms with Gasteiger partial charge in [-0.05, 0) is 37.7 Å². The zero-order valence-electron chi connectivity index (χ0n) is 29.4.